The Kier molecular flexibility index (Phi) is 9.74. The normalized spacial score (nSPS) is 13.0. The Morgan fingerprint density at radius 2 is 1.43 bits per heavy atom. The Morgan fingerprint density at radius 3 is 2.13 bits per heavy atom. The topological polar surface area (TPSA) is 143 Å². The second-order valence-corrected chi connectivity index (χ2v) is 15.1. The number of hydrogen-bond acceptors (Lipinski definition) is 7. The fourth-order valence-electron chi connectivity index (χ4n) is 5.53. The fourth-order valence-corrected chi connectivity index (χ4v) is 8.55. The zero-order chi connectivity index (χ0) is 33.1. The third kappa shape index (κ3) is 6.75. The Morgan fingerprint density at radius 1 is 0.804 bits per heavy atom. The van der Waals surface area contributed by atoms with Gasteiger partial charge in [-0.1, -0.05) is 98.3 Å². The second-order valence-electron chi connectivity index (χ2n) is 11.3. The summed E-state index contributed by atoms with van der Waals surface area (Å²) in [7, 11) is -8.05. The maximum Gasteiger partial charge on any atom is 0.240 e. The monoisotopic (exact) mass is 655 g/mol. The summed E-state index contributed by atoms with van der Waals surface area (Å²) in [5.74, 6) is -0.887. The molecule has 0 heterocycles. The Labute approximate surface area is 271 Å². The maximum atomic E-state index is 14.5. The van der Waals surface area contributed by atoms with Crippen molar-refractivity contribution < 1.29 is 22.3 Å². The predicted octanol–water partition coefficient (Wildman–Crippen LogP) is 8.90. The predicted molar refractivity (Wildman–Crippen MR) is 189 cm³/mol. The molecule has 0 aliphatic heterocycles. The van der Waals surface area contributed by atoms with Crippen molar-refractivity contribution in [1.82, 2.24) is 0 Å². The Balaban J connectivity index is 1.63. The lowest BCUT2D eigenvalue weighted by atomic mass is 9.98. The van der Waals surface area contributed by atoms with Crippen LogP contribution in [0.5, 0.6) is 0 Å². The van der Waals surface area contributed by atoms with Crippen LogP contribution >= 0.6 is 10.6 Å². The van der Waals surface area contributed by atoms with E-state index in [2.05, 4.69) is 0 Å². The van der Waals surface area contributed by atoms with Crippen LogP contribution in [0.1, 0.15) is 49.0 Å². The zero-order valence-electron chi connectivity index (χ0n) is 25.7. The van der Waals surface area contributed by atoms with E-state index in [4.69, 9.17) is 10.8 Å². The number of hydrogen-bond donors (Lipinski definition) is 4. The van der Waals surface area contributed by atoms with Gasteiger partial charge in [-0.25, -0.2) is 8.42 Å². The number of fused-ring (bicyclic) bond motifs is 2. The highest BCUT2D eigenvalue weighted by molar-refractivity contribution is 8.38. The van der Waals surface area contributed by atoms with E-state index in [-0.39, 0.29) is 28.3 Å². The van der Waals surface area contributed by atoms with E-state index >= 15 is 0 Å². The van der Waals surface area contributed by atoms with Gasteiger partial charge in [0, 0.05) is 5.56 Å². The van der Waals surface area contributed by atoms with Crippen molar-refractivity contribution in [3.05, 3.63) is 120 Å². The van der Waals surface area contributed by atoms with E-state index in [9.17, 15) is 22.3 Å². The van der Waals surface area contributed by atoms with Gasteiger partial charge in [-0.3, -0.25) is 23.6 Å². The van der Waals surface area contributed by atoms with E-state index < -0.39 is 37.5 Å². The van der Waals surface area contributed by atoms with E-state index in [0.717, 1.165) is 21.5 Å². The molecule has 5 aromatic carbocycles. The highest BCUT2D eigenvalue weighted by Crippen LogP contribution is 2.51. The molecule has 0 aliphatic rings. The van der Waals surface area contributed by atoms with Crippen molar-refractivity contribution in [3.63, 3.8) is 0 Å². The van der Waals surface area contributed by atoms with Gasteiger partial charge in [0.15, 0.2) is 10.8 Å². The van der Waals surface area contributed by atoms with E-state index in [1.807, 2.05) is 37.3 Å². The van der Waals surface area contributed by atoms with Gasteiger partial charge in [-0.2, -0.15) is 0 Å². The van der Waals surface area contributed by atoms with Crippen LogP contribution < -0.4 is 4.31 Å². The molecule has 10 heteroatoms. The third-order valence-corrected chi connectivity index (χ3v) is 11.5. The first kappa shape index (κ1) is 33.0. The molecule has 5 rings (SSSR count). The lowest BCUT2D eigenvalue weighted by Gasteiger charge is -2.34. The first-order valence-corrected chi connectivity index (χ1v) is 18.2. The van der Waals surface area contributed by atoms with Crippen LogP contribution in [0.3, 0.4) is 0 Å². The van der Waals surface area contributed by atoms with Gasteiger partial charge in [-0.15, -0.1) is 10.6 Å². The average molecular weight is 656 g/mol. The molecule has 0 bridgehead atoms. The van der Waals surface area contributed by atoms with Gasteiger partial charge in [0.1, 0.15) is 6.04 Å². The number of carbonyl (C=O) groups excluding carboxylic acids is 1. The minimum absolute atomic E-state index is 0.0719. The summed E-state index contributed by atoms with van der Waals surface area (Å²) in [5, 5.41) is 18.9. The van der Waals surface area contributed by atoms with Gasteiger partial charge in [0.2, 0.25) is 10.0 Å². The van der Waals surface area contributed by atoms with Crippen LogP contribution in [0.2, 0.25) is 0 Å². The number of nitrogens with one attached hydrogen (secondary N) is 2. The molecular formula is C36H37N3O5S2. The number of unbranched alkanes of at least 4 members (excludes halogenated alkanes) is 1. The number of sulfonamides is 1. The molecule has 8 nitrogen and oxygen atoms in total. The number of benzene rings is 5. The van der Waals surface area contributed by atoms with Crippen molar-refractivity contribution in [2.24, 2.45) is 0 Å². The van der Waals surface area contributed by atoms with Crippen LogP contribution in [0, 0.1) is 10.8 Å². The molecule has 4 N–H and O–H groups in total. The zero-order valence-corrected chi connectivity index (χ0v) is 27.3. The van der Waals surface area contributed by atoms with Crippen LogP contribution in [0.4, 0.5) is 5.69 Å². The van der Waals surface area contributed by atoms with Gasteiger partial charge in [0.25, 0.3) is 0 Å². The first-order valence-electron chi connectivity index (χ1n) is 15.0. The van der Waals surface area contributed by atoms with Crippen molar-refractivity contribution in [2.75, 3.05) is 4.31 Å². The quantitative estimate of drug-likeness (QED) is 0.0603. The summed E-state index contributed by atoms with van der Waals surface area (Å²) in [6.45, 7) is 3.47. The molecule has 0 spiro atoms. The number of nitrogens with zero attached hydrogens (tertiary/aromatic N) is 1. The van der Waals surface area contributed by atoms with E-state index in [1.165, 1.54) is 19.1 Å². The largest absolute Gasteiger partial charge is 0.302 e. The summed E-state index contributed by atoms with van der Waals surface area (Å²) in [5.41, 5.74) is 0.810. The molecule has 0 saturated heterocycles. The van der Waals surface area contributed by atoms with E-state index in [1.54, 1.807) is 66.7 Å². The fraction of sp³-hybridized carbons (Fsp3) is 0.194. The van der Waals surface area contributed by atoms with Crippen LogP contribution in [0.25, 0.3) is 21.5 Å². The van der Waals surface area contributed by atoms with Gasteiger partial charge in [-0.05, 0) is 71.1 Å². The minimum Gasteiger partial charge on any atom is -0.302 e. The molecule has 0 aromatic heterocycles. The smallest absolute Gasteiger partial charge is 0.240 e. The standard InChI is InChI=1S/C36H37N3O5S2/c1-3-4-18-34(37)36(38)46(43,44)31-22-29-16-10-11-17-32(29)33(23-31)35(40)25(2)39(45(41,42)24-26-12-6-5-7-13-26)30-20-19-27-14-8-9-15-28(27)21-30/h5-17,19-23,25,37-38,43-44H,3-4,18,24H2,1-2H3/t25-/m0/s1. The molecule has 46 heavy (non-hydrogen) atoms. The number of ketones is 1. The summed E-state index contributed by atoms with van der Waals surface area (Å²) in [4.78, 5) is 14.4. The van der Waals surface area contributed by atoms with Crippen LogP contribution in [-0.4, -0.2) is 40.1 Å². The maximum absolute atomic E-state index is 14.5. The Hall–Kier alpha value is -4.35. The highest BCUT2D eigenvalue weighted by atomic mass is 32.3. The van der Waals surface area contributed by atoms with Gasteiger partial charge in [0.05, 0.1) is 22.0 Å². The number of carbonyl (C=O) groups is 1. The van der Waals surface area contributed by atoms with Gasteiger partial charge >= 0.3 is 0 Å². The van der Waals surface area contributed by atoms with Crippen molar-refractivity contribution in [2.45, 2.75) is 49.8 Å². The summed E-state index contributed by atoms with van der Waals surface area (Å²) < 4.78 is 52.1. The molecule has 1 atom stereocenters. The molecule has 0 saturated carbocycles. The summed E-state index contributed by atoms with van der Waals surface area (Å²) in [6, 6.07) is 30.1. The minimum atomic E-state index is -4.12. The van der Waals surface area contributed by atoms with Crippen molar-refractivity contribution in [1.29, 1.82) is 10.8 Å². The summed E-state index contributed by atoms with van der Waals surface area (Å²) in [6.07, 6.45) is 1.63. The van der Waals surface area contributed by atoms with Crippen LogP contribution in [-0.2, 0) is 15.8 Å². The number of Topliss-reactive ketones (excluding diaryl/α,β-unsaturated/α-hetero) is 1. The molecule has 238 valence electrons. The molecule has 0 radical (unpaired) electrons. The molecule has 0 unspecified atom stereocenters. The lowest BCUT2D eigenvalue weighted by Crippen LogP contribution is -2.44. The van der Waals surface area contributed by atoms with Crippen LogP contribution in [0.15, 0.2) is 114 Å². The highest BCUT2D eigenvalue weighted by Gasteiger charge is 2.35. The molecule has 5 aromatic rings. The lowest BCUT2D eigenvalue weighted by molar-refractivity contribution is 0.0971. The van der Waals surface area contributed by atoms with Crippen molar-refractivity contribution >= 4 is 64.4 Å². The third-order valence-electron chi connectivity index (χ3n) is 7.98. The van der Waals surface area contributed by atoms with Crippen molar-refractivity contribution in [3.8, 4) is 0 Å². The van der Waals surface area contributed by atoms with Gasteiger partial charge < -0.3 is 5.41 Å². The molecule has 0 fully saturated rings. The summed E-state index contributed by atoms with van der Waals surface area (Å²) >= 11 is 0. The molecule has 0 aliphatic carbocycles. The average Bonchev–Trinajstić information content (AvgIpc) is 3.06. The molecule has 0 amide bonds. The number of rotatable bonds is 12. The van der Waals surface area contributed by atoms with E-state index in [0.29, 0.717) is 28.4 Å². The first-order chi connectivity index (χ1) is 21.9. The Bertz CT molecular complexity index is 2050. The SMILES string of the molecule is CCCCC(=N)C(=N)S(O)(O)c1cc(C(=O)[C@H](C)N(c2ccc3ccccc3c2)S(=O)(=O)Cc2ccccc2)c2ccccc2c1. The second kappa shape index (κ2) is 13.6. The number of anilines is 1. The molecular weight excluding hydrogens is 619 g/mol.